The van der Waals surface area contributed by atoms with Crippen molar-refractivity contribution in [3.05, 3.63) is 0 Å². The van der Waals surface area contributed by atoms with Gasteiger partial charge in [-0.05, 0) is 39.9 Å². The van der Waals surface area contributed by atoms with E-state index in [9.17, 15) is 4.79 Å². The van der Waals surface area contributed by atoms with Crippen LogP contribution in [0, 0.1) is 0 Å². The summed E-state index contributed by atoms with van der Waals surface area (Å²) >= 11 is 0. The molecule has 0 saturated heterocycles. The van der Waals surface area contributed by atoms with Crippen LogP contribution in [0.1, 0.15) is 19.3 Å². The molecule has 0 rings (SSSR count). The normalized spacial score (nSPS) is 12.5. The molecule has 0 amide bonds. The first-order valence-corrected chi connectivity index (χ1v) is 4.91. The van der Waals surface area contributed by atoms with Crippen molar-refractivity contribution in [1.82, 2.24) is 16.2 Å². The number of rotatable bonds is 8. The minimum absolute atomic E-state index is 0.219. The van der Waals surface area contributed by atoms with Gasteiger partial charge in [-0.2, -0.15) is 0 Å². The van der Waals surface area contributed by atoms with Crippen molar-refractivity contribution in [3.8, 4) is 0 Å². The third-order valence-corrected chi connectivity index (χ3v) is 1.97. The van der Waals surface area contributed by atoms with Crippen molar-refractivity contribution in [2.75, 3.05) is 27.7 Å². The van der Waals surface area contributed by atoms with Gasteiger partial charge in [0.1, 0.15) is 6.04 Å². The Balaban J connectivity index is 3.67. The van der Waals surface area contributed by atoms with Crippen molar-refractivity contribution in [1.29, 1.82) is 0 Å². The van der Waals surface area contributed by atoms with Gasteiger partial charge in [-0.1, -0.05) is 0 Å². The van der Waals surface area contributed by atoms with Crippen LogP contribution in [-0.2, 0) is 9.53 Å². The highest BCUT2D eigenvalue weighted by atomic mass is 16.5. The first-order chi connectivity index (χ1) is 6.76. The van der Waals surface area contributed by atoms with Crippen LogP contribution in [0.5, 0.6) is 0 Å². The molecular formula is C9H21N3O2. The minimum Gasteiger partial charge on any atom is -0.468 e. The lowest BCUT2D eigenvalue weighted by molar-refractivity contribution is -0.143. The third-order valence-electron chi connectivity index (χ3n) is 1.97. The van der Waals surface area contributed by atoms with E-state index in [1.807, 2.05) is 7.05 Å². The zero-order chi connectivity index (χ0) is 10.8. The summed E-state index contributed by atoms with van der Waals surface area (Å²) in [5, 5.41) is 3.06. The molecule has 5 nitrogen and oxygen atoms in total. The van der Waals surface area contributed by atoms with Crippen LogP contribution >= 0.6 is 0 Å². The Labute approximate surface area is 85.6 Å². The maximum absolute atomic E-state index is 11.2. The van der Waals surface area contributed by atoms with E-state index >= 15 is 0 Å². The van der Waals surface area contributed by atoms with E-state index < -0.39 is 0 Å². The molecule has 1 atom stereocenters. The predicted octanol–water partition coefficient (Wildman–Crippen LogP) is -0.358. The molecule has 0 aromatic rings. The number of unbranched alkanes of at least 4 members (excludes halogenated alkanes) is 1. The zero-order valence-corrected chi connectivity index (χ0v) is 9.22. The number of esters is 1. The fraction of sp³-hybridized carbons (Fsp3) is 0.889. The smallest absolute Gasteiger partial charge is 0.324 e. The Bertz CT molecular complexity index is 153. The molecule has 0 fully saturated rings. The lowest BCUT2D eigenvalue weighted by atomic mass is 10.1. The molecule has 0 aliphatic rings. The predicted molar refractivity (Wildman–Crippen MR) is 55.8 cm³/mol. The van der Waals surface area contributed by atoms with Crippen LogP contribution in [0.25, 0.3) is 0 Å². The minimum atomic E-state index is -0.248. The maximum Gasteiger partial charge on any atom is 0.324 e. The fourth-order valence-electron chi connectivity index (χ4n) is 1.22. The van der Waals surface area contributed by atoms with Crippen molar-refractivity contribution < 1.29 is 9.53 Å². The van der Waals surface area contributed by atoms with E-state index in [1.165, 1.54) is 7.11 Å². The van der Waals surface area contributed by atoms with Crippen LogP contribution in [0.15, 0.2) is 0 Å². The Hall–Kier alpha value is -0.650. The van der Waals surface area contributed by atoms with Gasteiger partial charge in [-0.3, -0.25) is 10.2 Å². The van der Waals surface area contributed by atoms with Crippen LogP contribution in [0.2, 0.25) is 0 Å². The van der Waals surface area contributed by atoms with Crippen molar-refractivity contribution in [2.45, 2.75) is 25.3 Å². The van der Waals surface area contributed by atoms with Gasteiger partial charge >= 0.3 is 5.97 Å². The molecule has 14 heavy (non-hydrogen) atoms. The molecule has 0 aliphatic heterocycles. The highest BCUT2D eigenvalue weighted by Crippen LogP contribution is 2.01. The zero-order valence-electron chi connectivity index (χ0n) is 9.22. The molecule has 0 spiro atoms. The largest absolute Gasteiger partial charge is 0.468 e. The number of hydrazine groups is 1. The number of carbonyl (C=O) groups excluding carboxylic acids is 1. The molecule has 3 N–H and O–H groups in total. The van der Waals surface area contributed by atoms with E-state index in [1.54, 1.807) is 7.05 Å². The maximum atomic E-state index is 11.2. The van der Waals surface area contributed by atoms with E-state index in [4.69, 9.17) is 0 Å². The summed E-state index contributed by atoms with van der Waals surface area (Å²) in [6.45, 7) is 0.980. The second-order valence-electron chi connectivity index (χ2n) is 3.07. The van der Waals surface area contributed by atoms with E-state index in [0.29, 0.717) is 0 Å². The average Bonchev–Trinajstić information content (AvgIpc) is 2.21. The Kier molecular flexibility index (Phi) is 8.51. The fourth-order valence-corrected chi connectivity index (χ4v) is 1.22. The Morgan fingerprint density at radius 2 is 2.07 bits per heavy atom. The summed E-state index contributed by atoms with van der Waals surface area (Å²) in [5.74, 6) is -0.219. The van der Waals surface area contributed by atoms with Gasteiger partial charge in [0.25, 0.3) is 0 Å². The quantitative estimate of drug-likeness (QED) is 0.286. The highest BCUT2D eigenvalue weighted by molar-refractivity contribution is 5.75. The molecule has 0 radical (unpaired) electrons. The molecule has 0 aromatic heterocycles. The summed E-state index contributed by atoms with van der Waals surface area (Å²) in [7, 11) is 5.06. The van der Waals surface area contributed by atoms with Gasteiger partial charge in [0, 0.05) is 0 Å². The van der Waals surface area contributed by atoms with Gasteiger partial charge in [0.05, 0.1) is 7.11 Å². The van der Waals surface area contributed by atoms with Gasteiger partial charge in [0.15, 0.2) is 0 Å². The van der Waals surface area contributed by atoms with Gasteiger partial charge in [-0.15, -0.1) is 0 Å². The van der Waals surface area contributed by atoms with E-state index in [0.717, 1.165) is 25.8 Å². The molecular weight excluding hydrogens is 182 g/mol. The van der Waals surface area contributed by atoms with Crippen molar-refractivity contribution in [3.63, 3.8) is 0 Å². The first kappa shape index (κ1) is 13.4. The first-order valence-electron chi connectivity index (χ1n) is 4.91. The number of hydrogen-bond acceptors (Lipinski definition) is 5. The number of ether oxygens (including phenoxy) is 1. The van der Waals surface area contributed by atoms with Crippen LogP contribution in [0.3, 0.4) is 0 Å². The number of methoxy groups -OCH3 is 1. The van der Waals surface area contributed by atoms with E-state index in [-0.39, 0.29) is 12.0 Å². The second-order valence-corrected chi connectivity index (χ2v) is 3.07. The summed E-state index contributed by atoms with van der Waals surface area (Å²) in [6.07, 6.45) is 2.85. The molecule has 1 unspecified atom stereocenters. The van der Waals surface area contributed by atoms with E-state index in [2.05, 4.69) is 20.9 Å². The van der Waals surface area contributed by atoms with Gasteiger partial charge < -0.3 is 10.1 Å². The molecule has 0 heterocycles. The molecule has 0 bridgehead atoms. The summed E-state index contributed by atoms with van der Waals surface area (Å²) in [6, 6.07) is -0.248. The Morgan fingerprint density at radius 3 is 2.57 bits per heavy atom. The van der Waals surface area contributed by atoms with Gasteiger partial charge in [0.2, 0.25) is 0 Å². The summed E-state index contributed by atoms with van der Waals surface area (Å²) in [4.78, 5) is 11.2. The second kappa shape index (κ2) is 8.93. The summed E-state index contributed by atoms with van der Waals surface area (Å²) in [5.41, 5.74) is 5.62. The van der Waals surface area contributed by atoms with Crippen LogP contribution in [-0.4, -0.2) is 39.8 Å². The average molecular weight is 203 g/mol. The lowest BCUT2D eigenvalue weighted by Gasteiger charge is -2.15. The molecule has 5 heteroatoms. The summed E-state index contributed by atoms with van der Waals surface area (Å²) < 4.78 is 4.66. The SMILES string of the molecule is CNCCCCC(NNC)C(=O)OC. The lowest BCUT2D eigenvalue weighted by Crippen LogP contribution is -2.44. The molecule has 0 aliphatic carbocycles. The number of carbonyl (C=O) groups is 1. The monoisotopic (exact) mass is 203 g/mol. The van der Waals surface area contributed by atoms with Gasteiger partial charge in [-0.25, -0.2) is 5.43 Å². The molecule has 84 valence electrons. The van der Waals surface area contributed by atoms with Crippen LogP contribution < -0.4 is 16.2 Å². The topological polar surface area (TPSA) is 62.4 Å². The molecule has 0 aromatic carbocycles. The highest BCUT2D eigenvalue weighted by Gasteiger charge is 2.16. The Morgan fingerprint density at radius 1 is 1.36 bits per heavy atom. The standard InChI is InChI=1S/C9H21N3O2/c1-10-7-5-4-6-8(12-11-2)9(13)14-3/h8,10-12H,4-7H2,1-3H3. The van der Waals surface area contributed by atoms with Crippen LogP contribution in [0.4, 0.5) is 0 Å². The third kappa shape index (κ3) is 5.90. The number of nitrogens with one attached hydrogen (secondary N) is 3. The van der Waals surface area contributed by atoms with Crippen molar-refractivity contribution in [2.24, 2.45) is 0 Å². The van der Waals surface area contributed by atoms with Crippen molar-refractivity contribution >= 4 is 5.97 Å². The molecule has 0 saturated carbocycles. The number of hydrogen-bond donors (Lipinski definition) is 3.